The summed E-state index contributed by atoms with van der Waals surface area (Å²) in [6.07, 6.45) is 4.47. The highest BCUT2D eigenvalue weighted by Crippen LogP contribution is 2.16. The van der Waals surface area contributed by atoms with Gasteiger partial charge in [-0.3, -0.25) is 4.99 Å². The monoisotopic (exact) mass is 405 g/mol. The predicted octanol–water partition coefficient (Wildman–Crippen LogP) is 3.64. The number of piperidine rings is 1. The number of guanidine groups is 1. The van der Waals surface area contributed by atoms with E-state index in [1.165, 1.54) is 5.56 Å². The molecule has 0 bridgehead atoms. The molecule has 1 aromatic rings. The number of ether oxygens (including phenoxy) is 3. The predicted molar refractivity (Wildman–Crippen MR) is 118 cm³/mol. The summed E-state index contributed by atoms with van der Waals surface area (Å²) in [7, 11) is 1.73. The maximum atomic E-state index is 5.96. The fourth-order valence-corrected chi connectivity index (χ4v) is 3.44. The third-order valence-electron chi connectivity index (χ3n) is 5.12. The number of methoxy groups -OCH3 is 1. The van der Waals surface area contributed by atoms with Gasteiger partial charge in [-0.15, -0.1) is 0 Å². The minimum absolute atomic E-state index is 0.122. The molecule has 0 spiro atoms. The van der Waals surface area contributed by atoms with E-state index in [9.17, 15) is 0 Å². The molecule has 2 rings (SSSR count). The number of nitrogens with zero attached hydrogens (tertiary/aromatic N) is 2. The van der Waals surface area contributed by atoms with Crippen LogP contribution in [-0.4, -0.2) is 70.1 Å². The van der Waals surface area contributed by atoms with E-state index in [-0.39, 0.29) is 6.10 Å². The van der Waals surface area contributed by atoms with Crippen LogP contribution in [0, 0.1) is 0 Å². The van der Waals surface area contributed by atoms with E-state index in [0.29, 0.717) is 6.10 Å². The van der Waals surface area contributed by atoms with Gasteiger partial charge in [0.2, 0.25) is 0 Å². The van der Waals surface area contributed by atoms with Crippen molar-refractivity contribution in [2.75, 3.05) is 53.1 Å². The first-order chi connectivity index (χ1) is 14.2. The Labute approximate surface area is 176 Å². The van der Waals surface area contributed by atoms with Crippen molar-refractivity contribution in [3.8, 4) is 0 Å². The second-order valence-corrected chi connectivity index (χ2v) is 7.42. The summed E-state index contributed by atoms with van der Waals surface area (Å²) in [4.78, 5) is 7.17. The third kappa shape index (κ3) is 9.15. The molecule has 1 fully saturated rings. The maximum Gasteiger partial charge on any atom is 0.193 e. The van der Waals surface area contributed by atoms with Gasteiger partial charge < -0.3 is 24.4 Å². The van der Waals surface area contributed by atoms with Gasteiger partial charge in [0.25, 0.3) is 0 Å². The average Bonchev–Trinajstić information content (AvgIpc) is 2.77. The summed E-state index contributed by atoms with van der Waals surface area (Å²) in [6, 6.07) is 10.4. The molecule has 0 amide bonds. The molecule has 6 nitrogen and oxygen atoms in total. The standard InChI is InChI=1S/C23H39N3O3/c1-4-24-23(26-15-12-22(13-16-26)29-19-9-17-27-3)25-14-8-18-28-20(2)21-10-6-5-7-11-21/h5-7,10-11,20,22H,4,8-9,12-19H2,1-3H3,(H,24,25). The van der Waals surface area contributed by atoms with E-state index < -0.39 is 0 Å². The molecule has 164 valence electrons. The van der Waals surface area contributed by atoms with Gasteiger partial charge in [0.05, 0.1) is 12.2 Å². The first kappa shape index (κ1) is 23.6. The molecule has 1 atom stereocenters. The van der Waals surface area contributed by atoms with Crippen LogP contribution in [0.1, 0.15) is 51.2 Å². The van der Waals surface area contributed by atoms with Gasteiger partial charge in [-0.25, -0.2) is 0 Å². The maximum absolute atomic E-state index is 5.96. The van der Waals surface area contributed by atoms with Crippen molar-refractivity contribution >= 4 is 5.96 Å². The highest BCUT2D eigenvalue weighted by molar-refractivity contribution is 5.80. The first-order valence-electron chi connectivity index (χ1n) is 11.0. The molecule has 1 unspecified atom stereocenters. The number of likely N-dealkylation sites (tertiary alicyclic amines) is 1. The lowest BCUT2D eigenvalue weighted by molar-refractivity contribution is 0.00989. The zero-order chi connectivity index (χ0) is 20.7. The van der Waals surface area contributed by atoms with Gasteiger partial charge in [0.1, 0.15) is 0 Å². The number of benzene rings is 1. The molecule has 1 aliphatic rings. The largest absolute Gasteiger partial charge is 0.385 e. The van der Waals surface area contributed by atoms with Crippen LogP contribution in [0.4, 0.5) is 0 Å². The van der Waals surface area contributed by atoms with Crippen LogP contribution in [0.25, 0.3) is 0 Å². The van der Waals surface area contributed by atoms with E-state index in [0.717, 1.165) is 77.6 Å². The fraction of sp³-hybridized carbons (Fsp3) is 0.696. The average molecular weight is 406 g/mol. The van der Waals surface area contributed by atoms with Crippen molar-refractivity contribution in [2.24, 2.45) is 4.99 Å². The Balaban J connectivity index is 1.67. The zero-order valence-electron chi connectivity index (χ0n) is 18.4. The molecule has 0 aliphatic carbocycles. The highest BCUT2D eigenvalue weighted by atomic mass is 16.5. The molecule has 0 saturated carbocycles. The summed E-state index contributed by atoms with van der Waals surface area (Å²) in [5.74, 6) is 1.02. The Kier molecular flexibility index (Phi) is 11.7. The van der Waals surface area contributed by atoms with Crippen LogP contribution < -0.4 is 5.32 Å². The Morgan fingerprint density at radius 3 is 2.59 bits per heavy atom. The Bertz CT molecular complexity index is 560. The lowest BCUT2D eigenvalue weighted by Crippen LogP contribution is -2.47. The molecule has 1 heterocycles. The Hall–Kier alpha value is -1.63. The summed E-state index contributed by atoms with van der Waals surface area (Å²) < 4.78 is 17.0. The summed E-state index contributed by atoms with van der Waals surface area (Å²) in [5, 5.41) is 3.43. The number of rotatable bonds is 12. The van der Waals surface area contributed by atoms with Crippen LogP contribution in [-0.2, 0) is 14.2 Å². The van der Waals surface area contributed by atoms with E-state index >= 15 is 0 Å². The molecule has 1 saturated heterocycles. The summed E-state index contributed by atoms with van der Waals surface area (Å²) in [6.45, 7) is 10.1. The molecular formula is C23H39N3O3. The quantitative estimate of drug-likeness (QED) is 0.327. The van der Waals surface area contributed by atoms with Gasteiger partial charge in [0, 0.05) is 53.1 Å². The van der Waals surface area contributed by atoms with E-state index in [2.05, 4.69) is 48.3 Å². The van der Waals surface area contributed by atoms with Crippen molar-refractivity contribution in [3.05, 3.63) is 35.9 Å². The van der Waals surface area contributed by atoms with Gasteiger partial charge in [-0.1, -0.05) is 30.3 Å². The van der Waals surface area contributed by atoms with Crippen LogP contribution in [0.3, 0.4) is 0 Å². The third-order valence-corrected chi connectivity index (χ3v) is 5.12. The fourth-order valence-electron chi connectivity index (χ4n) is 3.44. The van der Waals surface area contributed by atoms with Crippen LogP contribution in [0.2, 0.25) is 0 Å². The van der Waals surface area contributed by atoms with Crippen LogP contribution >= 0.6 is 0 Å². The molecule has 1 aliphatic heterocycles. The molecule has 0 aromatic heterocycles. The van der Waals surface area contributed by atoms with E-state index in [1.54, 1.807) is 7.11 Å². The Morgan fingerprint density at radius 1 is 1.14 bits per heavy atom. The second kappa shape index (κ2) is 14.4. The van der Waals surface area contributed by atoms with Gasteiger partial charge in [0.15, 0.2) is 5.96 Å². The molecule has 1 aromatic carbocycles. The SMILES string of the molecule is CCNC(=NCCCOC(C)c1ccccc1)N1CCC(OCCCOC)CC1. The van der Waals surface area contributed by atoms with Crippen molar-refractivity contribution in [1.29, 1.82) is 0 Å². The van der Waals surface area contributed by atoms with E-state index in [4.69, 9.17) is 19.2 Å². The van der Waals surface area contributed by atoms with Crippen molar-refractivity contribution < 1.29 is 14.2 Å². The number of aliphatic imine (C=N–C) groups is 1. The number of hydrogen-bond acceptors (Lipinski definition) is 4. The number of hydrogen-bond donors (Lipinski definition) is 1. The molecule has 0 radical (unpaired) electrons. The van der Waals surface area contributed by atoms with Crippen LogP contribution in [0.5, 0.6) is 0 Å². The van der Waals surface area contributed by atoms with Crippen molar-refractivity contribution in [3.63, 3.8) is 0 Å². The van der Waals surface area contributed by atoms with Gasteiger partial charge in [-0.05, 0) is 45.1 Å². The molecule has 29 heavy (non-hydrogen) atoms. The molecular weight excluding hydrogens is 366 g/mol. The summed E-state index contributed by atoms with van der Waals surface area (Å²) >= 11 is 0. The normalized spacial score (nSPS) is 16.8. The minimum Gasteiger partial charge on any atom is -0.385 e. The zero-order valence-corrected chi connectivity index (χ0v) is 18.4. The van der Waals surface area contributed by atoms with Crippen LogP contribution in [0.15, 0.2) is 35.3 Å². The van der Waals surface area contributed by atoms with Crippen molar-refractivity contribution in [2.45, 2.75) is 51.7 Å². The topological polar surface area (TPSA) is 55.3 Å². The Morgan fingerprint density at radius 2 is 1.90 bits per heavy atom. The smallest absolute Gasteiger partial charge is 0.193 e. The summed E-state index contributed by atoms with van der Waals surface area (Å²) in [5.41, 5.74) is 1.22. The second-order valence-electron chi connectivity index (χ2n) is 7.42. The van der Waals surface area contributed by atoms with Crippen molar-refractivity contribution in [1.82, 2.24) is 10.2 Å². The van der Waals surface area contributed by atoms with E-state index in [1.807, 2.05) is 6.07 Å². The minimum atomic E-state index is 0.122. The van der Waals surface area contributed by atoms with Gasteiger partial charge >= 0.3 is 0 Å². The molecule has 6 heteroatoms. The lowest BCUT2D eigenvalue weighted by atomic mass is 10.1. The highest BCUT2D eigenvalue weighted by Gasteiger charge is 2.21. The number of nitrogens with one attached hydrogen (secondary N) is 1. The van der Waals surface area contributed by atoms with Gasteiger partial charge in [-0.2, -0.15) is 0 Å². The first-order valence-corrected chi connectivity index (χ1v) is 11.0. The lowest BCUT2D eigenvalue weighted by Gasteiger charge is -2.34. The molecule has 1 N–H and O–H groups in total.